The third-order valence-corrected chi connectivity index (χ3v) is 2.73. The summed E-state index contributed by atoms with van der Waals surface area (Å²) in [4.78, 5) is 11.7. The lowest BCUT2D eigenvalue weighted by Crippen LogP contribution is -2.13. The van der Waals surface area contributed by atoms with Crippen LogP contribution < -0.4 is 0 Å². The van der Waals surface area contributed by atoms with Gasteiger partial charge in [0, 0.05) is 5.69 Å². The van der Waals surface area contributed by atoms with Crippen molar-refractivity contribution >= 4 is 40.7 Å². The second-order valence-corrected chi connectivity index (χ2v) is 4.48. The van der Waals surface area contributed by atoms with Gasteiger partial charge in [-0.15, -0.1) is 0 Å². The molecule has 0 aromatic carbocycles. The van der Waals surface area contributed by atoms with E-state index in [1.165, 1.54) is 4.68 Å². The molecule has 0 saturated heterocycles. The summed E-state index contributed by atoms with van der Waals surface area (Å²) in [6, 6.07) is 1.80. The number of halogens is 3. The fourth-order valence-electron chi connectivity index (χ4n) is 1.16. The Hall–Kier alpha value is -0.510. The van der Waals surface area contributed by atoms with Crippen LogP contribution in [0.15, 0.2) is 15.6 Å². The predicted molar refractivity (Wildman–Crippen MR) is 61.5 cm³/mol. The monoisotopic (exact) mass is 266 g/mol. The minimum atomic E-state index is -0.260. The third kappa shape index (κ3) is 3.23. The summed E-state index contributed by atoms with van der Waals surface area (Å²) in [7, 11) is 0. The highest BCUT2D eigenvalue weighted by Gasteiger charge is 2.12. The quantitative estimate of drug-likeness (QED) is 0.823. The summed E-state index contributed by atoms with van der Waals surface area (Å²) in [5.41, 5.74) is 1.53. The molecule has 0 aliphatic heterocycles. The second-order valence-electron chi connectivity index (χ2n) is 3.07. The van der Waals surface area contributed by atoms with Crippen molar-refractivity contribution in [1.82, 2.24) is 9.78 Å². The summed E-state index contributed by atoms with van der Waals surface area (Å²) in [5, 5.41) is 4.14. The van der Waals surface area contributed by atoms with Crippen molar-refractivity contribution in [3.8, 4) is 0 Å². The molecule has 0 aliphatic carbocycles. The summed E-state index contributed by atoms with van der Waals surface area (Å²) >= 11 is 16.5. The van der Waals surface area contributed by atoms with Gasteiger partial charge in [0.1, 0.15) is 4.49 Å². The number of nitrogens with zero attached hydrogens (tertiary/aromatic N) is 2. The van der Waals surface area contributed by atoms with Crippen molar-refractivity contribution in [1.29, 1.82) is 0 Å². The van der Waals surface area contributed by atoms with Crippen molar-refractivity contribution < 1.29 is 4.79 Å². The highest BCUT2D eigenvalue weighted by molar-refractivity contribution is 6.59. The van der Waals surface area contributed by atoms with Crippen LogP contribution in [-0.4, -0.2) is 15.7 Å². The van der Waals surface area contributed by atoms with Gasteiger partial charge in [0.05, 0.1) is 17.1 Å². The van der Waals surface area contributed by atoms with Gasteiger partial charge in [0.15, 0.2) is 0 Å². The zero-order chi connectivity index (χ0) is 11.6. The van der Waals surface area contributed by atoms with E-state index in [1.54, 1.807) is 13.0 Å². The molecule has 6 heteroatoms. The number of hydrogen-bond acceptors (Lipinski definition) is 2. The van der Waals surface area contributed by atoms with Gasteiger partial charge in [0.2, 0.25) is 0 Å². The topological polar surface area (TPSA) is 34.9 Å². The van der Waals surface area contributed by atoms with E-state index >= 15 is 0 Å². The van der Waals surface area contributed by atoms with Crippen molar-refractivity contribution in [2.75, 3.05) is 0 Å². The molecular formula is C9H9Cl3N2O. The molecule has 0 saturated carbocycles. The van der Waals surface area contributed by atoms with E-state index < -0.39 is 0 Å². The Morgan fingerprint density at radius 1 is 1.40 bits per heavy atom. The van der Waals surface area contributed by atoms with Gasteiger partial charge >= 0.3 is 0 Å². The molecule has 82 valence electrons. The van der Waals surface area contributed by atoms with Crippen LogP contribution in [0.5, 0.6) is 0 Å². The summed E-state index contributed by atoms with van der Waals surface area (Å²) in [6.07, 6.45) is -0.0498. The van der Waals surface area contributed by atoms with E-state index in [0.717, 1.165) is 11.4 Å². The predicted octanol–water partition coefficient (Wildman–Crippen LogP) is 3.42. The van der Waals surface area contributed by atoms with Crippen LogP contribution >= 0.6 is 34.8 Å². The molecule has 0 fully saturated rings. The lowest BCUT2D eigenvalue weighted by Gasteiger charge is -2.02. The van der Waals surface area contributed by atoms with Crippen molar-refractivity contribution in [2.24, 2.45) is 0 Å². The number of carbonyl (C=O) groups excluding carboxylic acids is 1. The molecule has 1 aromatic heterocycles. The number of carbonyl (C=O) groups is 1. The first-order valence-electron chi connectivity index (χ1n) is 4.18. The standard InChI is InChI=1S/C9H9Cl3N2O/c1-5-3-6(2)14(13-5)8(15)4-7(10)9(11)12/h3H,4H2,1-2H3. The molecule has 0 radical (unpaired) electrons. The number of rotatable bonds is 2. The minimum absolute atomic E-state index is 0.0498. The number of aryl methyl sites for hydroxylation is 2. The van der Waals surface area contributed by atoms with Gasteiger partial charge in [0.25, 0.3) is 5.91 Å². The molecular weight excluding hydrogens is 258 g/mol. The molecule has 0 aliphatic rings. The average molecular weight is 268 g/mol. The van der Waals surface area contributed by atoms with Gasteiger partial charge in [-0.1, -0.05) is 34.8 Å². The Kier molecular flexibility index (Phi) is 4.20. The van der Waals surface area contributed by atoms with Gasteiger partial charge in [-0.05, 0) is 19.9 Å². The summed E-state index contributed by atoms with van der Waals surface area (Å²) in [6.45, 7) is 3.60. The third-order valence-electron chi connectivity index (χ3n) is 1.76. The van der Waals surface area contributed by atoms with Crippen molar-refractivity contribution in [3.05, 3.63) is 27.0 Å². The van der Waals surface area contributed by atoms with E-state index in [0.29, 0.717) is 0 Å². The molecule has 0 atom stereocenters. The Labute approximate surface area is 103 Å². The van der Waals surface area contributed by atoms with Crippen LogP contribution in [0.25, 0.3) is 0 Å². The minimum Gasteiger partial charge on any atom is -0.272 e. The Bertz CT molecular complexity index is 419. The molecule has 3 nitrogen and oxygen atoms in total. The highest BCUT2D eigenvalue weighted by Crippen LogP contribution is 2.21. The van der Waals surface area contributed by atoms with Gasteiger partial charge in [-0.3, -0.25) is 4.79 Å². The molecule has 0 unspecified atom stereocenters. The summed E-state index contributed by atoms with van der Waals surface area (Å²) in [5.74, 6) is -0.260. The van der Waals surface area contributed by atoms with Crippen LogP contribution in [0, 0.1) is 13.8 Å². The maximum atomic E-state index is 11.7. The second kappa shape index (κ2) is 5.01. The maximum Gasteiger partial charge on any atom is 0.252 e. The molecule has 0 bridgehead atoms. The lowest BCUT2D eigenvalue weighted by atomic mass is 10.3. The smallest absolute Gasteiger partial charge is 0.252 e. The van der Waals surface area contributed by atoms with Crippen LogP contribution in [0.4, 0.5) is 0 Å². The molecule has 0 N–H and O–H groups in total. The van der Waals surface area contributed by atoms with E-state index in [4.69, 9.17) is 34.8 Å². The number of allylic oxidation sites excluding steroid dienone is 1. The zero-order valence-electron chi connectivity index (χ0n) is 8.22. The van der Waals surface area contributed by atoms with Crippen LogP contribution in [0.2, 0.25) is 0 Å². The van der Waals surface area contributed by atoms with Crippen molar-refractivity contribution in [2.45, 2.75) is 20.3 Å². The van der Waals surface area contributed by atoms with E-state index in [-0.39, 0.29) is 21.9 Å². The van der Waals surface area contributed by atoms with Gasteiger partial charge in [-0.2, -0.15) is 5.10 Å². The van der Waals surface area contributed by atoms with E-state index in [9.17, 15) is 4.79 Å². The summed E-state index contributed by atoms with van der Waals surface area (Å²) < 4.78 is 1.19. The fraction of sp³-hybridized carbons (Fsp3) is 0.333. The van der Waals surface area contributed by atoms with Crippen LogP contribution in [-0.2, 0) is 0 Å². The molecule has 0 amide bonds. The van der Waals surface area contributed by atoms with Gasteiger partial charge in [-0.25, -0.2) is 4.68 Å². The fourth-order valence-corrected chi connectivity index (χ4v) is 1.40. The molecule has 0 spiro atoms. The lowest BCUT2D eigenvalue weighted by molar-refractivity contribution is 0.0897. The average Bonchev–Trinajstić information content (AvgIpc) is 2.44. The van der Waals surface area contributed by atoms with Gasteiger partial charge < -0.3 is 0 Å². The Morgan fingerprint density at radius 3 is 2.40 bits per heavy atom. The maximum absolute atomic E-state index is 11.7. The van der Waals surface area contributed by atoms with Crippen molar-refractivity contribution in [3.63, 3.8) is 0 Å². The molecule has 1 rings (SSSR count). The molecule has 1 aromatic rings. The highest BCUT2D eigenvalue weighted by atomic mass is 35.5. The Morgan fingerprint density at radius 2 is 2.00 bits per heavy atom. The van der Waals surface area contributed by atoms with E-state index in [1.807, 2.05) is 6.92 Å². The van der Waals surface area contributed by atoms with E-state index in [2.05, 4.69) is 5.10 Å². The zero-order valence-corrected chi connectivity index (χ0v) is 10.5. The largest absolute Gasteiger partial charge is 0.272 e. The number of aromatic nitrogens is 2. The molecule has 15 heavy (non-hydrogen) atoms. The normalized spacial score (nSPS) is 10.2. The first-order valence-corrected chi connectivity index (χ1v) is 5.31. The first-order chi connectivity index (χ1) is 6.91. The SMILES string of the molecule is Cc1cc(C)n(C(=O)CC(Cl)=C(Cl)Cl)n1. The number of hydrogen-bond donors (Lipinski definition) is 0. The van der Waals surface area contributed by atoms with Crippen LogP contribution in [0.1, 0.15) is 22.6 Å². The van der Waals surface area contributed by atoms with Crippen LogP contribution in [0.3, 0.4) is 0 Å². The molecule has 1 heterocycles. The first kappa shape index (κ1) is 12.6. The Balaban J connectivity index is 2.87.